The Morgan fingerprint density at radius 2 is 1.94 bits per heavy atom. The lowest BCUT2D eigenvalue weighted by Crippen LogP contribution is -2.37. The number of carbonyl (C=O) groups excluding carboxylic acids is 1. The number of hydrogen-bond acceptors (Lipinski definition) is 2. The second-order valence-electron chi connectivity index (χ2n) is 4.39. The number of benzene rings is 1. The Bertz CT molecular complexity index is 372. The van der Waals surface area contributed by atoms with Gasteiger partial charge in [-0.1, -0.05) is 12.1 Å². The minimum absolute atomic E-state index is 0.161. The van der Waals surface area contributed by atoms with Crippen LogP contribution in [-0.4, -0.2) is 17.4 Å². The number of anilines is 1. The molecule has 1 heterocycles. The highest BCUT2D eigenvalue weighted by Crippen LogP contribution is 2.25. The summed E-state index contributed by atoms with van der Waals surface area (Å²) < 4.78 is 0. The van der Waals surface area contributed by atoms with Gasteiger partial charge in [0.2, 0.25) is 5.91 Å². The van der Waals surface area contributed by atoms with Gasteiger partial charge >= 0.3 is 0 Å². The number of carbonyl (C=O) groups is 1. The van der Waals surface area contributed by atoms with Gasteiger partial charge in [-0.05, 0) is 37.5 Å². The van der Waals surface area contributed by atoms with Gasteiger partial charge in [0.15, 0.2) is 0 Å². The van der Waals surface area contributed by atoms with Crippen LogP contribution in [0.1, 0.15) is 37.8 Å². The highest BCUT2D eigenvalue weighted by Gasteiger charge is 2.23. The van der Waals surface area contributed by atoms with Crippen LogP contribution in [0.15, 0.2) is 24.3 Å². The predicted octanol–water partition coefficient (Wildman–Crippen LogP) is 2.34. The molecule has 1 amide bonds. The van der Waals surface area contributed by atoms with E-state index in [1.54, 1.807) is 0 Å². The maximum atomic E-state index is 11.8. The fourth-order valence-corrected chi connectivity index (χ4v) is 2.19. The van der Waals surface area contributed by atoms with Gasteiger partial charge in [0.05, 0.1) is 6.04 Å². The van der Waals surface area contributed by atoms with E-state index in [0.29, 0.717) is 6.42 Å². The Balaban J connectivity index is 2.14. The van der Waals surface area contributed by atoms with Crippen LogP contribution < -0.4 is 5.73 Å². The summed E-state index contributed by atoms with van der Waals surface area (Å²) in [5.74, 6) is 0.274. The first-order chi connectivity index (χ1) is 7.68. The molecular weight excluding hydrogens is 200 g/mol. The molecule has 1 atom stereocenters. The smallest absolute Gasteiger partial charge is 0.223 e. The van der Waals surface area contributed by atoms with Crippen LogP contribution in [0.3, 0.4) is 0 Å². The largest absolute Gasteiger partial charge is 0.399 e. The number of nitrogens with zero attached hydrogens (tertiary/aromatic N) is 1. The molecule has 0 saturated carbocycles. The molecule has 2 rings (SSSR count). The second-order valence-corrected chi connectivity index (χ2v) is 4.39. The maximum absolute atomic E-state index is 11.8. The summed E-state index contributed by atoms with van der Waals surface area (Å²) in [4.78, 5) is 13.7. The first kappa shape index (κ1) is 11.0. The van der Waals surface area contributed by atoms with E-state index >= 15 is 0 Å². The monoisotopic (exact) mass is 218 g/mol. The van der Waals surface area contributed by atoms with Gasteiger partial charge in [-0.3, -0.25) is 4.79 Å². The molecule has 1 fully saturated rings. The molecule has 16 heavy (non-hydrogen) atoms. The third-order valence-corrected chi connectivity index (χ3v) is 3.25. The molecule has 1 aliphatic rings. The van der Waals surface area contributed by atoms with E-state index in [0.717, 1.165) is 30.6 Å². The summed E-state index contributed by atoms with van der Waals surface area (Å²) in [6.07, 6.45) is 2.84. The zero-order valence-electron chi connectivity index (χ0n) is 9.65. The van der Waals surface area contributed by atoms with Crippen molar-refractivity contribution < 1.29 is 4.79 Å². The summed E-state index contributed by atoms with van der Waals surface area (Å²) in [7, 11) is 0. The van der Waals surface area contributed by atoms with E-state index in [9.17, 15) is 4.79 Å². The van der Waals surface area contributed by atoms with Crippen molar-refractivity contribution in [3.05, 3.63) is 29.8 Å². The Kier molecular flexibility index (Phi) is 3.13. The number of rotatable bonds is 2. The quantitative estimate of drug-likeness (QED) is 0.774. The predicted molar refractivity (Wildman–Crippen MR) is 64.8 cm³/mol. The Morgan fingerprint density at radius 1 is 1.25 bits per heavy atom. The first-order valence-corrected chi connectivity index (χ1v) is 5.83. The Hall–Kier alpha value is -1.51. The Labute approximate surface area is 96.2 Å². The molecule has 3 nitrogen and oxygen atoms in total. The van der Waals surface area contributed by atoms with Crippen molar-refractivity contribution in [3.8, 4) is 0 Å². The topological polar surface area (TPSA) is 46.3 Å². The van der Waals surface area contributed by atoms with Crippen LogP contribution in [0.4, 0.5) is 5.69 Å². The van der Waals surface area contributed by atoms with Crippen molar-refractivity contribution in [3.63, 3.8) is 0 Å². The molecule has 0 radical (unpaired) electrons. The van der Waals surface area contributed by atoms with Gasteiger partial charge in [0, 0.05) is 18.7 Å². The molecule has 3 heteroatoms. The molecule has 86 valence electrons. The highest BCUT2D eigenvalue weighted by molar-refractivity contribution is 5.77. The van der Waals surface area contributed by atoms with Gasteiger partial charge in [-0.15, -0.1) is 0 Å². The van der Waals surface area contributed by atoms with Crippen LogP contribution in [0.5, 0.6) is 0 Å². The summed E-state index contributed by atoms with van der Waals surface area (Å²) in [5, 5.41) is 0. The zero-order valence-corrected chi connectivity index (χ0v) is 9.65. The molecule has 1 aromatic carbocycles. The number of likely N-dealkylation sites (tertiary alicyclic amines) is 1. The third kappa shape index (κ3) is 2.18. The van der Waals surface area contributed by atoms with Crippen molar-refractivity contribution in [2.24, 2.45) is 0 Å². The molecule has 0 aliphatic carbocycles. The summed E-state index contributed by atoms with van der Waals surface area (Å²) in [6.45, 7) is 2.96. The van der Waals surface area contributed by atoms with Crippen LogP contribution >= 0.6 is 0 Å². The van der Waals surface area contributed by atoms with E-state index in [1.807, 2.05) is 29.2 Å². The molecule has 1 aromatic rings. The van der Waals surface area contributed by atoms with E-state index in [1.165, 1.54) is 0 Å². The number of hydrogen-bond donors (Lipinski definition) is 1. The Morgan fingerprint density at radius 3 is 2.56 bits per heavy atom. The molecule has 1 saturated heterocycles. The molecule has 1 aliphatic heterocycles. The minimum Gasteiger partial charge on any atom is -0.399 e. The fourth-order valence-electron chi connectivity index (χ4n) is 2.19. The maximum Gasteiger partial charge on any atom is 0.223 e. The zero-order chi connectivity index (χ0) is 11.5. The van der Waals surface area contributed by atoms with Gasteiger partial charge < -0.3 is 10.6 Å². The average molecular weight is 218 g/mol. The van der Waals surface area contributed by atoms with Gasteiger partial charge in [-0.2, -0.15) is 0 Å². The van der Waals surface area contributed by atoms with Crippen molar-refractivity contribution >= 4 is 11.6 Å². The van der Waals surface area contributed by atoms with Crippen molar-refractivity contribution in [2.75, 3.05) is 12.3 Å². The van der Waals surface area contributed by atoms with E-state index in [-0.39, 0.29) is 11.9 Å². The van der Waals surface area contributed by atoms with Gasteiger partial charge in [0.1, 0.15) is 0 Å². The van der Waals surface area contributed by atoms with Crippen LogP contribution in [-0.2, 0) is 4.79 Å². The normalized spacial score (nSPS) is 18.6. The minimum atomic E-state index is 0.161. The molecular formula is C13H18N2O. The second kappa shape index (κ2) is 4.56. The molecule has 2 N–H and O–H groups in total. The van der Waals surface area contributed by atoms with E-state index in [2.05, 4.69) is 6.92 Å². The molecule has 0 aromatic heterocycles. The van der Waals surface area contributed by atoms with Crippen molar-refractivity contribution in [1.29, 1.82) is 0 Å². The highest BCUT2D eigenvalue weighted by atomic mass is 16.2. The van der Waals surface area contributed by atoms with Gasteiger partial charge in [0.25, 0.3) is 0 Å². The lowest BCUT2D eigenvalue weighted by molar-refractivity contribution is -0.135. The summed E-state index contributed by atoms with van der Waals surface area (Å²) in [6, 6.07) is 7.94. The number of nitrogens with two attached hydrogens (primary N) is 1. The third-order valence-electron chi connectivity index (χ3n) is 3.25. The molecule has 0 spiro atoms. The standard InChI is InChI=1S/C13H18N2O/c1-10(11-5-7-12(14)8-6-11)15-9-3-2-4-13(15)16/h5-8,10H,2-4,9,14H2,1H3. The van der Waals surface area contributed by atoms with Crippen molar-refractivity contribution in [1.82, 2.24) is 4.90 Å². The number of piperidine rings is 1. The first-order valence-electron chi connectivity index (χ1n) is 5.83. The SMILES string of the molecule is CC(c1ccc(N)cc1)N1CCCCC1=O. The van der Waals surface area contributed by atoms with Crippen molar-refractivity contribution in [2.45, 2.75) is 32.2 Å². The summed E-state index contributed by atoms with van der Waals surface area (Å²) >= 11 is 0. The number of amides is 1. The van der Waals surface area contributed by atoms with E-state index < -0.39 is 0 Å². The molecule has 0 bridgehead atoms. The number of nitrogen functional groups attached to an aromatic ring is 1. The lowest BCUT2D eigenvalue weighted by Gasteiger charge is -2.32. The average Bonchev–Trinajstić information content (AvgIpc) is 2.30. The summed E-state index contributed by atoms with van der Waals surface area (Å²) in [5.41, 5.74) is 7.57. The van der Waals surface area contributed by atoms with Crippen LogP contribution in [0.25, 0.3) is 0 Å². The fraction of sp³-hybridized carbons (Fsp3) is 0.462. The van der Waals surface area contributed by atoms with Gasteiger partial charge in [-0.25, -0.2) is 0 Å². The molecule has 1 unspecified atom stereocenters. The van der Waals surface area contributed by atoms with Crippen LogP contribution in [0, 0.1) is 0 Å². The van der Waals surface area contributed by atoms with E-state index in [4.69, 9.17) is 5.73 Å². The van der Waals surface area contributed by atoms with Crippen LogP contribution in [0.2, 0.25) is 0 Å². The lowest BCUT2D eigenvalue weighted by atomic mass is 10.0.